The molecule has 1 aromatic heterocycles. The average molecular weight is 334 g/mol. The Morgan fingerprint density at radius 2 is 2.13 bits per heavy atom. The lowest BCUT2D eigenvalue weighted by atomic mass is 10.2. The molecule has 0 atom stereocenters. The zero-order valence-corrected chi connectivity index (χ0v) is 13.7. The summed E-state index contributed by atoms with van der Waals surface area (Å²) in [6.45, 7) is 2.78. The van der Waals surface area contributed by atoms with Gasteiger partial charge in [-0.15, -0.1) is 11.8 Å². The van der Waals surface area contributed by atoms with E-state index in [9.17, 15) is 9.18 Å². The van der Waals surface area contributed by atoms with Gasteiger partial charge in [-0.2, -0.15) is 0 Å². The molecule has 2 rings (SSSR count). The smallest absolute Gasteiger partial charge is 0.221 e. The van der Waals surface area contributed by atoms with Gasteiger partial charge in [-0.25, -0.2) is 9.37 Å². The highest BCUT2D eigenvalue weighted by molar-refractivity contribution is 7.99. The van der Waals surface area contributed by atoms with E-state index in [0.717, 1.165) is 5.56 Å². The SMILES string of the molecule is CCOc1ncccc1CNC(=O)CCSc1ccccc1F. The molecule has 1 aromatic carbocycles. The summed E-state index contributed by atoms with van der Waals surface area (Å²) >= 11 is 1.34. The highest BCUT2D eigenvalue weighted by atomic mass is 32.2. The van der Waals surface area contributed by atoms with Gasteiger partial charge in [-0.1, -0.05) is 18.2 Å². The quantitative estimate of drug-likeness (QED) is 0.752. The largest absolute Gasteiger partial charge is 0.478 e. The van der Waals surface area contributed by atoms with Crippen molar-refractivity contribution < 1.29 is 13.9 Å². The molecule has 2 aromatic rings. The van der Waals surface area contributed by atoms with Gasteiger partial charge < -0.3 is 10.1 Å². The lowest BCUT2D eigenvalue weighted by Gasteiger charge is -2.09. The zero-order valence-electron chi connectivity index (χ0n) is 12.9. The Kier molecular flexibility index (Phi) is 6.87. The number of pyridine rings is 1. The van der Waals surface area contributed by atoms with Crippen LogP contribution in [0.5, 0.6) is 5.88 Å². The number of halogens is 1. The molecular formula is C17H19FN2O2S. The van der Waals surface area contributed by atoms with Crippen molar-refractivity contribution in [2.75, 3.05) is 12.4 Å². The summed E-state index contributed by atoms with van der Waals surface area (Å²) in [6, 6.07) is 10.2. The van der Waals surface area contributed by atoms with Gasteiger partial charge in [0, 0.05) is 35.4 Å². The minimum atomic E-state index is -0.255. The van der Waals surface area contributed by atoms with Crippen molar-refractivity contribution in [3.8, 4) is 5.88 Å². The van der Waals surface area contributed by atoms with Gasteiger partial charge in [0.25, 0.3) is 0 Å². The van der Waals surface area contributed by atoms with E-state index in [0.29, 0.717) is 36.1 Å². The molecule has 1 amide bonds. The number of benzene rings is 1. The van der Waals surface area contributed by atoms with Gasteiger partial charge in [0.1, 0.15) is 5.82 Å². The van der Waals surface area contributed by atoms with Crippen LogP contribution < -0.4 is 10.1 Å². The molecule has 0 aliphatic rings. The van der Waals surface area contributed by atoms with E-state index in [1.807, 2.05) is 13.0 Å². The van der Waals surface area contributed by atoms with Crippen molar-refractivity contribution in [1.82, 2.24) is 10.3 Å². The molecular weight excluding hydrogens is 315 g/mol. The minimum absolute atomic E-state index is 0.0832. The second-order valence-corrected chi connectivity index (χ2v) is 5.84. The molecule has 0 radical (unpaired) electrons. The lowest BCUT2D eigenvalue weighted by molar-refractivity contribution is -0.120. The Hall–Kier alpha value is -2.08. The van der Waals surface area contributed by atoms with Crippen molar-refractivity contribution in [3.05, 3.63) is 54.0 Å². The van der Waals surface area contributed by atoms with Crippen LogP contribution in [0.1, 0.15) is 18.9 Å². The van der Waals surface area contributed by atoms with Crippen LogP contribution in [0.3, 0.4) is 0 Å². The maximum absolute atomic E-state index is 13.5. The second kappa shape index (κ2) is 9.15. The van der Waals surface area contributed by atoms with Crippen molar-refractivity contribution in [3.63, 3.8) is 0 Å². The lowest BCUT2D eigenvalue weighted by Crippen LogP contribution is -2.23. The standard InChI is InChI=1S/C17H19FN2O2S/c1-2-22-17-13(6-5-10-19-17)12-20-16(21)9-11-23-15-8-4-3-7-14(15)18/h3-8,10H,2,9,11-12H2,1H3,(H,20,21). The first kappa shape index (κ1) is 17.3. The Bertz CT molecular complexity index is 652. The summed E-state index contributed by atoms with van der Waals surface area (Å²) in [5, 5.41) is 2.83. The number of amides is 1. The minimum Gasteiger partial charge on any atom is -0.478 e. The van der Waals surface area contributed by atoms with E-state index in [2.05, 4.69) is 10.3 Å². The zero-order chi connectivity index (χ0) is 16.5. The summed E-state index contributed by atoms with van der Waals surface area (Å²) in [5.41, 5.74) is 0.837. The van der Waals surface area contributed by atoms with Crippen LogP contribution in [0, 0.1) is 5.82 Å². The molecule has 0 spiro atoms. The van der Waals surface area contributed by atoms with Crippen molar-refractivity contribution in [2.24, 2.45) is 0 Å². The molecule has 1 N–H and O–H groups in total. The van der Waals surface area contributed by atoms with Gasteiger partial charge in [-0.05, 0) is 25.1 Å². The number of ether oxygens (including phenoxy) is 1. The summed E-state index contributed by atoms with van der Waals surface area (Å²) in [6.07, 6.45) is 1.98. The van der Waals surface area contributed by atoms with Gasteiger partial charge in [0.2, 0.25) is 11.8 Å². The highest BCUT2D eigenvalue weighted by Crippen LogP contribution is 2.21. The highest BCUT2D eigenvalue weighted by Gasteiger charge is 2.08. The number of hydrogen-bond donors (Lipinski definition) is 1. The summed E-state index contributed by atoms with van der Waals surface area (Å²) in [5.74, 6) is 0.726. The second-order valence-electron chi connectivity index (χ2n) is 4.71. The monoisotopic (exact) mass is 334 g/mol. The van der Waals surface area contributed by atoms with Gasteiger partial charge in [0.05, 0.1) is 6.61 Å². The van der Waals surface area contributed by atoms with E-state index in [1.165, 1.54) is 17.8 Å². The molecule has 122 valence electrons. The van der Waals surface area contributed by atoms with Crippen LogP contribution in [-0.4, -0.2) is 23.3 Å². The first-order valence-electron chi connectivity index (χ1n) is 7.41. The number of thioether (sulfide) groups is 1. The fraction of sp³-hybridized carbons (Fsp3) is 0.294. The normalized spacial score (nSPS) is 10.3. The molecule has 0 saturated carbocycles. The topological polar surface area (TPSA) is 51.2 Å². The first-order chi connectivity index (χ1) is 11.2. The Morgan fingerprint density at radius 1 is 1.30 bits per heavy atom. The van der Waals surface area contributed by atoms with Gasteiger partial charge in [0.15, 0.2) is 0 Å². The number of nitrogens with zero attached hydrogens (tertiary/aromatic N) is 1. The van der Waals surface area contributed by atoms with E-state index in [-0.39, 0.29) is 11.7 Å². The van der Waals surface area contributed by atoms with Gasteiger partial charge in [-0.3, -0.25) is 4.79 Å². The number of rotatable bonds is 8. The molecule has 0 aliphatic carbocycles. The molecule has 23 heavy (non-hydrogen) atoms. The Balaban J connectivity index is 1.76. The maximum atomic E-state index is 13.5. The number of carbonyl (C=O) groups is 1. The summed E-state index contributed by atoms with van der Waals surface area (Å²) in [7, 11) is 0. The number of carbonyl (C=O) groups excluding carboxylic acids is 1. The summed E-state index contributed by atoms with van der Waals surface area (Å²) in [4.78, 5) is 16.6. The predicted molar refractivity (Wildman–Crippen MR) is 89.0 cm³/mol. The molecule has 0 aliphatic heterocycles. The summed E-state index contributed by atoms with van der Waals surface area (Å²) < 4.78 is 18.9. The van der Waals surface area contributed by atoms with Crippen molar-refractivity contribution >= 4 is 17.7 Å². The predicted octanol–water partition coefficient (Wildman–Crippen LogP) is 3.42. The van der Waals surface area contributed by atoms with Crippen LogP contribution in [0.2, 0.25) is 0 Å². The van der Waals surface area contributed by atoms with Crippen LogP contribution >= 0.6 is 11.8 Å². The van der Waals surface area contributed by atoms with Gasteiger partial charge >= 0.3 is 0 Å². The molecule has 1 heterocycles. The molecule has 6 heteroatoms. The molecule has 0 saturated heterocycles. The van der Waals surface area contributed by atoms with Crippen molar-refractivity contribution in [2.45, 2.75) is 24.8 Å². The molecule has 0 unspecified atom stereocenters. The van der Waals surface area contributed by atoms with E-state index in [4.69, 9.17) is 4.74 Å². The Morgan fingerprint density at radius 3 is 2.91 bits per heavy atom. The fourth-order valence-electron chi connectivity index (χ4n) is 1.92. The first-order valence-corrected chi connectivity index (χ1v) is 8.40. The Labute approximate surface area is 139 Å². The van der Waals surface area contributed by atoms with Crippen molar-refractivity contribution in [1.29, 1.82) is 0 Å². The van der Waals surface area contributed by atoms with Crippen LogP contribution in [0.15, 0.2) is 47.5 Å². The third-order valence-electron chi connectivity index (χ3n) is 3.03. The molecule has 0 bridgehead atoms. The van der Waals surface area contributed by atoms with E-state index < -0.39 is 0 Å². The third-order valence-corrected chi connectivity index (χ3v) is 4.08. The third kappa shape index (κ3) is 5.56. The van der Waals surface area contributed by atoms with E-state index >= 15 is 0 Å². The van der Waals surface area contributed by atoms with Crippen LogP contribution in [-0.2, 0) is 11.3 Å². The number of aromatic nitrogens is 1. The van der Waals surface area contributed by atoms with E-state index in [1.54, 1.807) is 30.5 Å². The number of hydrogen-bond acceptors (Lipinski definition) is 4. The number of nitrogens with one attached hydrogen (secondary N) is 1. The maximum Gasteiger partial charge on any atom is 0.221 e. The van der Waals surface area contributed by atoms with Crippen LogP contribution in [0.25, 0.3) is 0 Å². The average Bonchev–Trinajstić information content (AvgIpc) is 2.56. The van der Waals surface area contributed by atoms with Crippen LogP contribution in [0.4, 0.5) is 4.39 Å². The fourth-order valence-corrected chi connectivity index (χ4v) is 2.81. The molecule has 0 fully saturated rings. The molecule has 4 nitrogen and oxygen atoms in total.